The molecule has 194 valence electrons. The maximum Gasteiger partial charge on any atom is 0.273 e. The zero-order valence-corrected chi connectivity index (χ0v) is 21.7. The molecule has 0 spiro atoms. The molecule has 0 saturated heterocycles. The number of carbonyl (C=O) groups is 3. The first kappa shape index (κ1) is 24.7. The van der Waals surface area contributed by atoms with Gasteiger partial charge in [0.25, 0.3) is 5.91 Å². The van der Waals surface area contributed by atoms with Crippen molar-refractivity contribution in [1.29, 1.82) is 0 Å². The van der Waals surface area contributed by atoms with Crippen LogP contribution in [0.2, 0.25) is 0 Å². The second-order valence-corrected chi connectivity index (χ2v) is 10.9. The molecule has 2 heterocycles. The summed E-state index contributed by atoms with van der Waals surface area (Å²) in [5, 5.41) is 7.00. The molecule has 1 aromatic heterocycles. The van der Waals surface area contributed by atoms with Gasteiger partial charge in [0.1, 0.15) is 17.0 Å². The number of methoxy groups -OCH3 is 1. The van der Waals surface area contributed by atoms with Crippen LogP contribution < -0.4 is 15.4 Å². The smallest absolute Gasteiger partial charge is 0.273 e. The van der Waals surface area contributed by atoms with Crippen LogP contribution in [-0.4, -0.2) is 51.9 Å². The average Bonchev–Trinajstić information content (AvgIpc) is 3.38. The second kappa shape index (κ2) is 9.79. The summed E-state index contributed by atoms with van der Waals surface area (Å²) in [6, 6.07) is 5.77. The van der Waals surface area contributed by atoms with Gasteiger partial charge in [-0.3, -0.25) is 14.4 Å². The Bertz CT molecular complexity index is 1170. The molecule has 2 saturated carbocycles. The number of rotatable bonds is 5. The number of ether oxygens (including phenoxy) is 1. The molecule has 5 rings (SSSR count). The zero-order valence-electron chi connectivity index (χ0n) is 21.7. The maximum atomic E-state index is 14.3. The first-order chi connectivity index (χ1) is 17.3. The summed E-state index contributed by atoms with van der Waals surface area (Å²) in [5.41, 5.74) is 0.725. The first-order valence-corrected chi connectivity index (χ1v) is 13.5. The molecular formula is C28H38N4O4. The Morgan fingerprint density at radius 2 is 1.69 bits per heavy atom. The van der Waals surface area contributed by atoms with Crippen LogP contribution in [0.4, 0.5) is 5.69 Å². The van der Waals surface area contributed by atoms with Gasteiger partial charge in [-0.15, -0.1) is 0 Å². The van der Waals surface area contributed by atoms with Gasteiger partial charge >= 0.3 is 0 Å². The lowest BCUT2D eigenvalue weighted by Gasteiger charge is -2.47. The number of aromatic nitrogens is 1. The normalized spacial score (nSPS) is 23.4. The quantitative estimate of drug-likeness (QED) is 0.594. The van der Waals surface area contributed by atoms with E-state index in [1.165, 1.54) is 19.8 Å². The molecule has 3 amide bonds. The predicted molar refractivity (Wildman–Crippen MR) is 139 cm³/mol. The van der Waals surface area contributed by atoms with E-state index in [1.54, 1.807) is 7.11 Å². The number of benzene rings is 1. The summed E-state index contributed by atoms with van der Waals surface area (Å²) in [7, 11) is 1.59. The van der Waals surface area contributed by atoms with Crippen molar-refractivity contribution in [3.63, 3.8) is 0 Å². The first-order valence-electron chi connectivity index (χ1n) is 13.5. The summed E-state index contributed by atoms with van der Waals surface area (Å²) in [6.45, 7) is 3.71. The Morgan fingerprint density at radius 3 is 2.33 bits per heavy atom. The Kier molecular flexibility index (Phi) is 6.70. The third kappa shape index (κ3) is 4.24. The van der Waals surface area contributed by atoms with Crippen LogP contribution in [0.25, 0.3) is 10.9 Å². The van der Waals surface area contributed by atoms with E-state index in [0.717, 1.165) is 62.3 Å². The van der Waals surface area contributed by atoms with Crippen molar-refractivity contribution in [2.24, 2.45) is 0 Å². The molecule has 0 radical (unpaired) electrons. The molecule has 2 fully saturated rings. The predicted octanol–water partition coefficient (Wildman–Crippen LogP) is 4.60. The summed E-state index contributed by atoms with van der Waals surface area (Å²) >= 11 is 0. The van der Waals surface area contributed by atoms with Gasteiger partial charge in [-0.2, -0.15) is 0 Å². The van der Waals surface area contributed by atoms with Crippen LogP contribution >= 0.6 is 0 Å². The van der Waals surface area contributed by atoms with Crippen molar-refractivity contribution in [3.05, 3.63) is 23.9 Å². The summed E-state index contributed by atoms with van der Waals surface area (Å²) in [5.74, 6) is 0.140. The minimum absolute atomic E-state index is 0.00820. The van der Waals surface area contributed by atoms with Gasteiger partial charge in [-0.05, 0) is 50.8 Å². The molecular weight excluding hydrogens is 456 g/mol. The number of carbonyl (C=O) groups excluding carboxylic acids is 3. The van der Waals surface area contributed by atoms with Crippen LogP contribution in [0.3, 0.4) is 0 Å². The lowest BCUT2D eigenvalue weighted by Crippen LogP contribution is -2.67. The Morgan fingerprint density at radius 1 is 1.03 bits per heavy atom. The van der Waals surface area contributed by atoms with Crippen LogP contribution in [0, 0.1) is 0 Å². The standard InChI is InChI=1S/C28H38N4O4/c1-18(33)29-24-22-16-21(36-3)14-15-23(22)31-17-28(2,27(35)30-19-10-6-4-5-7-11-19)32(26(34)25(24)31)20-12-8-9-13-20/h14-16,19-20H,4-13,17H2,1-3H3,(H,29,33)(H,30,35). The zero-order chi connectivity index (χ0) is 25.4. The van der Waals surface area contributed by atoms with Gasteiger partial charge in [0.15, 0.2) is 0 Å². The largest absolute Gasteiger partial charge is 0.497 e. The number of nitrogens with zero attached hydrogens (tertiary/aromatic N) is 2. The number of hydrogen-bond acceptors (Lipinski definition) is 4. The van der Waals surface area contributed by atoms with E-state index >= 15 is 0 Å². The SMILES string of the molecule is COc1ccc2c(c1)c(NC(C)=O)c1n2CC(C)(C(=O)NC2CCCCCC2)N(C2CCCC2)C1=O. The lowest BCUT2D eigenvalue weighted by atomic mass is 9.91. The van der Waals surface area contributed by atoms with Crippen molar-refractivity contribution in [2.75, 3.05) is 12.4 Å². The van der Waals surface area contributed by atoms with Crippen LogP contribution in [0.15, 0.2) is 18.2 Å². The average molecular weight is 495 g/mol. The van der Waals surface area contributed by atoms with Gasteiger partial charge in [0, 0.05) is 24.4 Å². The van der Waals surface area contributed by atoms with Gasteiger partial charge in [0.05, 0.1) is 24.9 Å². The van der Waals surface area contributed by atoms with E-state index in [-0.39, 0.29) is 29.8 Å². The van der Waals surface area contributed by atoms with Crippen LogP contribution in [0.1, 0.15) is 88.5 Å². The lowest BCUT2D eigenvalue weighted by molar-refractivity contribution is -0.135. The molecule has 1 aliphatic heterocycles. The van der Waals surface area contributed by atoms with E-state index in [2.05, 4.69) is 10.6 Å². The van der Waals surface area contributed by atoms with Crippen molar-refractivity contribution < 1.29 is 19.1 Å². The molecule has 2 aliphatic carbocycles. The minimum Gasteiger partial charge on any atom is -0.497 e. The number of fused-ring (bicyclic) bond motifs is 3. The molecule has 8 nitrogen and oxygen atoms in total. The van der Waals surface area contributed by atoms with Crippen molar-refractivity contribution >= 4 is 34.3 Å². The topological polar surface area (TPSA) is 92.7 Å². The van der Waals surface area contributed by atoms with Crippen LogP contribution in [-0.2, 0) is 16.1 Å². The Hall–Kier alpha value is -3.03. The summed E-state index contributed by atoms with van der Waals surface area (Å²) < 4.78 is 7.37. The van der Waals surface area contributed by atoms with Crippen molar-refractivity contribution in [3.8, 4) is 5.75 Å². The second-order valence-electron chi connectivity index (χ2n) is 10.9. The van der Waals surface area contributed by atoms with E-state index in [4.69, 9.17) is 4.74 Å². The molecule has 3 aliphatic rings. The number of nitrogens with one attached hydrogen (secondary N) is 2. The van der Waals surface area contributed by atoms with Gasteiger partial charge in [-0.25, -0.2) is 0 Å². The van der Waals surface area contributed by atoms with Gasteiger partial charge in [0.2, 0.25) is 11.8 Å². The van der Waals surface area contributed by atoms with E-state index in [9.17, 15) is 14.4 Å². The van der Waals surface area contributed by atoms with Crippen molar-refractivity contribution in [1.82, 2.24) is 14.8 Å². The molecule has 2 N–H and O–H groups in total. The molecule has 2 aromatic rings. The summed E-state index contributed by atoms with van der Waals surface area (Å²) in [4.78, 5) is 42.4. The highest BCUT2D eigenvalue weighted by molar-refractivity contribution is 6.14. The summed E-state index contributed by atoms with van der Waals surface area (Å²) in [6.07, 6.45) is 10.5. The highest BCUT2D eigenvalue weighted by Gasteiger charge is 2.52. The highest BCUT2D eigenvalue weighted by atomic mass is 16.5. The van der Waals surface area contributed by atoms with Gasteiger partial charge in [-0.1, -0.05) is 38.5 Å². The molecule has 36 heavy (non-hydrogen) atoms. The fourth-order valence-electron chi connectivity index (χ4n) is 6.55. The Balaban J connectivity index is 1.62. The molecule has 0 bridgehead atoms. The van der Waals surface area contributed by atoms with Gasteiger partial charge < -0.3 is 24.8 Å². The number of hydrogen-bond donors (Lipinski definition) is 2. The molecule has 8 heteroatoms. The fraction of sp³-hybridized carbons (Fsp3) is 0.607. The third-order valence-electron chi connectivity index (χ3n) is 8.36. The minimum atomic E-state index is -1.02. The number of anilines is 1. The third-order valence-corrected chi connectivity index (χ3v) is 8.36. The van der Waals surface area contributed by atoms with E-state index in [0.29, 0.717) is 23.7 Å². The maximum absolute atomic E-state index is 14.3. The molecule has 1 atom stereocenters. The monoisotopic (exact) mass is 494 g/mol. The molecule has 1 aromatic carbocycles. The van der Waals surface area contributed by atoms with E-state index < -0.39 is 5.54 Å². The fourth-order valence-corrected chi connectivity index (χ4v) is 6.55. The van der Waals surface area contributed by atoms with Crippen LogP contribution in [0.5, 0.6) is 5.75 Å². The van der Waals surface area contributed by atoms with E-state index in [1.807, 2.05) is 34.6 Å². The number of amides is 3. The Labute approximate surface area is 212 Å². The highest BCUT2D eigenvalue weighted by Crippen LogP contribution is 2.42. The molecule has 1 unspecified atom stereocenters. The van der Waals surface area contributed by atoms with Crippen molar-refractivity contribution in [2.45, 2.75) is 102 Å².